The summed E-state index contributed by atoms with van der Waals surface area (Å²) < 4.78 is 4.72. The molecule has 0 aliphatic carbocycles. The van der Waals surface area contributed by atoms with Crippen molar-refractivity contribution in [2.75, 3.05) is 7.11 Å². The van der Waals surface area contributed by atoms with Gasteiger partial charge in [0.15, 0.2) is 0 Å². The summed E-state index contributed by atoms with van der Waals surface area (Å²) in [7, 11) is 1.25. The number of fused-ring (bicyclic) bond motifs is 2. The fourth-order valence-corrected chi connectivity index (χ4v) is 6.76. The van der Waals surface area contributed by atoms with Crippen LogP contribution in [0.2, 0.25) is 5.02 Å². The molecule has 0 saturated carbocycles. The van der Waals surface area contributed by atoms with Crippen molar-refractivity contribution >= 4 is 51.8 Å². The molecule has 2 saturated heterocycles. The minimum atomic E-state index is -2.00. The van der Waals surface area contributed by atoms with Crippen LogP contribution < -0.4 is 5.32 Å². The first-order valence-corrected chi connectivity index (χ1v) is 14.4. The summed E-state index contributed by atoms with van der Waals surface area (Å²) >= 11 is 6.25. The lowest BCUT2D eigenvalue weighted by Gasteiger charge is -2.31. The van der Waals surface area contributed by atoms with Crippen LogP contribution in [0.4, 0.5) is 5.69 Å². The van der Waals surface area contributed by atoms with Crippen LogP contribution in [0.15, 0.2) is 84.9 Å². The molecule has 4 unspecified atom stereocenters. The highest BCUT2D eigenvalue weighted by atomic mass is 35.5. The summed E-state index contributed by atoms with van der Waals surface area (Å²) in [5.41, 5.74) is -0.965. The highest BCUT2D eigenvalue weighted by molar-refractivity contribution is 6.30. The molecule has 228 valence electrons. The van der Waals surface area contributed by atoms with Crippen LogP contribution in [0.1, 0.15) is 33.1 Å². The number of amides is 2. The number of benzene rings is 4. The number of carbonyl (C=O) groups excluding carboxylic acids is 3. The molecular formula is C33H26ClN3O8. The number of imide groups is 1. The smallest absolute Gasteiger partial charge is 0.337 e. The maximum atomic E-state index is 14.2. The molecule has 11 nitrogen and oxygen atoms in total. The molecule has 6 rings (SSSR count). The van der Waals surface area contributed by atoms with Gasteiger partial charge in [-0.25, -0.2) is 4.79 Å². The number of hydrogen-bond acceptors (Lipinski definition) is 8. The van der Waals surface area contributed by atoms with Gasteiger partial charge in [-0.2, -0.15) is 0 Å². The van der Waals surface area contributed by atoms with E-state index in [4.69, 9.17) is 16.3 Å². The summed E-state index contributed by atoms with van der Waals surface area (Å²) in [5, 5.41) is 27.9. The van der Waals surface area contributed by atoms with Crippen molar-refractivity contribution in [1.29, 1.82) is 0 Å². The largest absolute Gasteiger partial charge is 0.480 e. The first kappa shape index (κ1) is 29.9. The Morgan fingerprint density at radius 1 is 0.978 bits per heavy atom. The molecule has 4 aromatic rings. The highest BCUT2D eigenvalue weighted by Crippen LogP contribution is 2.52. The van der Waals surface area contributed by atoms with E-state index in [1.165, 1.54) is 37.4 Å². The third-order valence-corrected chi connectivity index (χ3v) is 8.90. The van der Waals surface area contributed by atoms with E-state index in [0.717, 1.165) is 15.7 Å². The molecule has 2 heterocycles. The van der Waals surface area contributed by atoms with Gasteiger partial charge in [-0.05, 0) is 46.2 Å². The van der Waals surface area contributed by atoms with Gasteiger partial charge in [0.05, 0.1) is 42.0 Å². The van der Waals surface area contributed by atoms with Gasteiger partial charge in [0, 0.05) is 23.1 Å². The number of likely N-dealkylation sites (tertiary alicyclic amines) is 1. The number of esters is 1. The second kappa shape index (κ2) is 11.4. The van der Waals surface area contributed by atoms with Crippen LogP contribution >= 0.6 is 11.6 Å². The number of ether oxygens (including phenoxy) is 1. The molecule has 2 aliphatic rings. The van der Waals surface area contributed by atoms with E-state index in [9.17, 15) is 34.4 Å². The van der Waals surface area contributed by atoms with Crippen molar-refractivity contribution < 1.29 is 33.9 Å². The molecule has 2 N–H and O–H groups in total. The van der Waals surface area contributed by atoms with Crippen LogP contribution in [0.25, 0.3) is 10.8 Å². The lowest BCUT2D eigenvalue weighted by molar-refractivity contribution is -0.385. The number of nitrogens with zero attached hydrogens (tertiary/aromatic N) is 2. The fourth-order valence-electron chi connectivity index (χ4n) is 6.58. The van der Waals surface area contributed by atoms with Crippen LogP contribution in [0, 0.1) is 22.0 Å². The van der Waals surface area contributed by atoms with Gasteiger partial charge in [-0.1, -0.05) is 66.2 Å². The normalized spacial score (nSPS) is 22.4. The Kier molecular flexibility index (Phi) is 7.59. The molecule has 4 aromatic carbocycles. The minimum Gasteiger partial charge on any atom is -0.480 e. The van der Waals surface area contributed by atoms with Crippen molar-refractivity contribution in [2.45, 2.75) is 24.5 Å². The molecule has 0 radical (unpaired) electrons. The molecule has 12 heteroatoms. The lowest BCUT2D eigenvalue weighted by atomic mass is 9.76. The topological polar surface area (TPSA) is 156 Å². The van der Waals surface area contributed by atoms with Gasteiger partial charge < -0.3 is 9.84 Å². The van der Waals surface area contributed by atoms with Gasteiger partial charge in [0.1, 0.15) is 5.54 Å². The number of nitro groups is 1. The monoisotopic (exact) mass is 627 g/mol. The number of carboxylic acid groups (broad SMARTS) is 1. The van der Waals surface area contributed by atoms with E-state index in [1.54, 1.807) is 18.2 Å². The number of nitro benzene ring substituents is 1. The zero-order valence-corrected chi connectivity index (χ0v) is 24.6. The first-order chi connectivity index (χ1) is 21.5. The maximum Gasteiger partial charge on any atom is 0.337 e. The highest BCUT2D eigenvalue weighted by Gasteiger charge is 2.68. The van der Waals surface area contributed by atoms with Gasteiger partial charge in [0.2, 0.25) is 11.8 Å². The lowest BCUT2D eigenvalue weighted by Crippen LogP contribution is -2.57. The Balaban J connectivity index is 1.46. The Morgan fingerprint density at radius 2 is 1.67 bits per heavy atom. The Bertz CT molecular complexity index is 1890. The summed E-state index contributed by atoms with van der Waals surface area (Å²) in [5.74, 6) is -5.99. The quantitative estimate of drug-likeness (QED) is 0.122. The number of rotatable bonds is 8. The number of carbonyl (C=O) groups is 4. The third kappa shape index (κ3) is 5.09. The molecule has 0 aromatic heterocycles. The number of hydrogen-bond donors (Lipinski definition) is 2. The van der Waals surface area contributed by atoms with Crippen molar-refractivity contribution in [1.82, 2.24) is 10.2 Å². The molecule has 0 bridgehead atoms. The molecule has 2 amide bonds. The predicted octanol–water partition coefficient (Wildman–Crippen LogP) is 4.70. The second-order valence-electron chi connectivity index (χ2n) is 11.2. The Labute approximate surface area is 261 Å². The predicted molar refractivity (Wildman–Crippen MR) is 162 cm³/mol. The van der Waals surface area contributed by atoms with E-state index in [1.807, 2.05) is 36.4 Å². The summed E-state index contributed by atoms with van der Waals surface area (Å²) in [6, 6.07) is 21.7. The fraction of sp³-hybridized carbons (Fsp3) is 0.212. The van der Waals surface area contributed by atoms with Gasteiger partial charge >= 0.3 is 11.9 Å². The first-order valence-electron chi connectivity index (χ1n) is 14.0. The van der Waals surface area contributed by atoms with Crippen LogP contribution in [0.5, 0.6) is 0 Å². The molecule has 45 heavy (non-hydrogen) atoms. The van der Waals surface area contributed by atoms with E-state index in [-0.39, 0.29) is 34.8 Å². The number of halogens is 1. The van der Waals surface area contributed by atoms with Crippen molar-refractivity contribution in [3.05, 3.63) is 122 Å². The van der Waals surface area contributed by atoms with E-state index in [0.29, 0.717) is 11.1 Å². The summed E-state index contributed by atoms with van der Waals surface area (Å²) in [4.78, 5) is 65.9. The second-order valence-corrected chi connectivity index (χ2v) is 11.6. The average molecular weight is 628 g/mol. The molecule has 2 fully saturated rings. The molecular weight excluding hydrogens is 602 g/mol. The Morgan fingerprint density at radius 3 is 2.33 bits per heavy atom. The number of nitrogens with one attached hydrogen (secondary N) is 1. The minimum absolute atomic E-state index is 0.00886. The SMILES string of the molecule is COC(=O)c1ccc(CN2C(=O)C3C(c4cc(Cl)ccc4[N+](=O)[O-])NC(Cc4ccc5ccccc5c4)(C(=O)O)C3C2=O)cc1. The molecule has 2 aliphatic heterocycles. The van der Waals surface area contributed by atoms with Gasteiger partial charge in [0.25, 0.3) is 5.69 Å². The third-order valence-electron chi connectivity index (χ3n) is 8.66. The molecule has 4 atom stereocenters. The van der Waals surface area contributed by atoms with Crippen molar-refractivity contribution in [3.8, 4) is 0 Å². The maximum absolute atomic E-state index is 14.2. The van der Waals surface area contributed by atoms with E-state index >= 15 is 0 Å². The van der Waals surface area contributed by atoms with Gasteiger partial charge in [-0.3, -0.25) is 34.7 Å². The Hall–Kier alpha value is -5.13. The average Bonchev–Trinajstić information content (AvgIpc) is 3.50. The van der Waals surface area contributed by atoms with E-state index in [2.05, 4.69) is 5.32 Å². The van der Waals surface area contributed by atoms with Crippen LogP contribution in [-0.2, 0) is 32.1 Å². The number of aliphatic carboxylic acids is 1. The zero-order chi connectivity index (χ0) is 32.0. The standard InChI is InChI=1S/C33H26ClN3O8/c1-45-31(40)21-10-6-18(7-11-21)17-36-29(38)26-27(30(36)39)33(32(41)42,16-19-8-9-20-4-2-3-5-22(20)14-19)35-28(26)24-15-23(34)12-13-25(24)37(43)44/h2-15,26-28,35H,16-17H2,1H3,(H,41,42). The summed E-state index contributed by atoms with van der Waals surface area (Å²) in [6.07, 6.45) is -0.181. The van der Waals surface area contributed by atoms with Gasteiger partial charge in [-0.15, -0.1) is 0 Å². The summed E-state index contributed by atoms with van der Waals surface area (Å²) in [6.45, 7) is -0.192. The zero-order valence-electron chi connectivity index (χ0n) is 23.8. The van der Waals surface area contributed by atoms with Crippen molar-refractivity contribution in [3.63, 3.8) is 0 Å². The van der Waals surface area contributed by atoms with E-state index < -0.39 is 52.1 Å². The number of methoxy groups -OCH3 is 1. The van der Waals surface area contributed by atoms with Crippen LogP contribution in [0.3, 0.4) is 0 Å². The van der Waals surface area contributed by atoms with Crippen LogP contribution in [-0.4, -0.2) is 51.3 Å². The number of carboxylic acids is 1. The molecule has 0 spiro atoms. The van der Waals surface area contributed by atoms with Crippen molar-refractivity contribution in [2.24, 2.45) is 11.8 Å².